The lowest BCUT2D eigenvalue weighted by Gasteiger charge is -2.28. The van der Waals surface area contributed by atoms with E-state index in [2.05, 4.69) is 42.3 Å². The third-order valence-electron chi connectivity index (χ3n) is 3.31. The van der Waals surface area contributed by atoms with Crippen LogP contribution in [0.1, 0.15) is 24.5 Å². The normalized spacial score (nSPS) is 24.3. The lowest BCUT2D eigenvalue weighted by atomic mass is 10.0. The first-order valence-corrected chi connectivity index (χ1v) is 5.61. The Bertz CT molecular complexity index is 299. The van der Waals surface area contributed by atoms with Crippen LogP contribution in [0, 0.1) is 0 Å². The van der Waals surface area contributed by atoms with Crippen molar-refractivity contribution in [1.29, 1.82) is 0 Å². The molecule has 2 rings (SSSR count). The third kappa shape index (κ3) is 2.21. The van der Waals surface area contributed by atoms with Crippen molar-refractivity contribution >= 4 is 0 Å². The van der Waals surface area contributed by atoms with Gasteiger partial charge in [-0.25, -0.2) is 0 Å². The number of hydrogen-bond acceptors (Lipinski definition) is 2. The first kappa shape index (κ1) is 10.7. The van der Waals surface area contributed by atoms with E-state index in [4.69, 9.17) is 4.74 Å². The molecule has 15 heavy (non-hydrogen) atoms. The van der Waals surface area contributed by atoms with Gasteiger partial charge in [-0.05, 0) is 32.0 Å². The summed E-state index contributed by atoms with van der Waals surface area (Å²) in [6.07, 6.45) is 2.75. The minimum Gasteiger partial charge on any atom is -0.375 e. The Hall–Kier alpha value is -0.860. The van der Waals surface area contributed by atoms with Crippen molar-refractivity contribution in [3.05, 3.63) is 35.9 Å². The van der Waals surface area contributed by atoms with Crippen molar-refractivity contribution in [2.75, 3.05) is 20.7 Å². The van der Waals surface area contributed by atoms with Crippen molar-refractivity contribution in [1.82, 2.24) is 4.90 Å². The fourth-order valence-electron chi connectivity index (χ4n) is 2.48. The van der Waals surface area contributed by atoms with E-state index < -0.39 is 0 Å². The fraction of sp³-hybridized carbons (Fsp3) is 0.538. The molecule has 0 aromatic heterocycles. The maximum absolute atomic E-state index is 5.65. The Labute approximate surface area is 91.9 Å². The molecule has 1 aliphatic rings. The highest BCUT2D eigenvalue weighted by molar-refractivity contribution is 5.19. The summed E-state index contributed by atoms with van der Waals surface area (Å²) in [5.41, 5.74) is 1.29. The minimum absolute atomic E-state index is 0.221. The molecule has 2 nitrogen and oxygen atoms in total. The standard InChI is InChI=1S/C13H19NO/c1-14-10-6-9-12(14)13(15-2)11-7-4-3-5-8-11/h3-5,7-8,12-13H,6,9-10H2,1-2H3/t12-,13+/m0/s1. The van der Waals surface area contributed by atoms with E-state index in [0.29, 0.717) is 6.04 Å². The summed E-state index contributed by atoms with van der Waals surface area (Å²) in [6.45, 7) is 1.19. The van der Waals surface area contributed by atoms with Gasteiger partial charge < -0.3 is 9.64 Å². The van der Waals surface area contributed by atoms with Gasteiger partial charge in [-0.15, -0.1) is 0 Å². The second-order valence-electron chi connectivity index (χ2n) is 4.26. The van der Waals surface area contributed by atoms with E-state index in [1.165, 1.54) is 24.9 Å². The Kier molecular flexibility index (Phi) is 3.39. The minimum atomic E-state index is 0.221. The van der Waals surface area contributed by atoms with Gasteiger partial charge in [0.15, 0.2) is 0 Å². The van der Waals surface area contributed by atoms with Gasteiger partial charge in [0.1, 0.15) is 0 Å². The van der Waals surface area contributed by atoms with Gasteiger partial charge in [0.2, 0.25) is 0 Å². The van der Waals surface area contributed by atoms with Gasteiger partial charge in [-0.1, -0.05) is 30.3 Å². The van der Waals surface area contributed by atoms with Crippen molar-refractivity contribution in [3.8, 4) is 0 Å². The molecule has 1 aromatic carbocycles. The van der Waals surface area contributed by atoms with Gasteiger partial charge in [0.05, 0.1) is 6.10 Å². The lowest BCUT2D eigenvalue weighted by molar-refractivity contribution is 0.0385. The maximum atomic E-state index is 5.65. The van der Waals surface area contributed by atoms with E-state index in [1.807, 2.05) is 7.11 Å². The van der Waals surface area contributed by atoms with Gasteiger partial charge in [-0.2, -0.15) is 0 Å². The summed E-state index contributed by atoms with van der Waals surface area (Å²) in [6, 6.07) is 11.1. The molecule has 1 fully saturated rings. The molecule has 0 bridgehead atoms. The van der Waals surface area contributed by atoms with Crippen LogP contribution in [0.3, 0.4) is 0 Å². The number of likely N-dealkylation sites (N-methyl/N-ethyl adjacent to an activating group) is 1. The Morgan fingerprint density at radius 3 is 2.60 bits per heavy atom. The highest BCUT2D eigenvalue weighted by Crippen LogP contribution is 2.30. The first-order chi connectivity index (χ1) is 7.33. The molecule has 1 aromatic rings. The molecule has 0 aliphatic carbocycles. The van der Waals surface area contributed by atoms with E-state index in [9.17, 15) is 0 Å². The van der Waals surface area contributed by atoms with Gasteiger partial charge >= 0.3 is 0 Å². The Balaban J connectivity index is 2.17. The molecule has 0 saturated carbocycles. The molecular formula is C13H19NO. The predicted molar refractivity (Wildman–Crippen MR) is 61.8 cm³/mol. The van der Waals surface area contributed by atoms with Crippen LogP contribution in [-0.2, 0) is 4.74 Å². The van der Waals surface area contributed by atoms with Crippen LogP contribution in [0.25, 0.3) is 0 Å². The molecule has 2 atom stereocenters. The summed E-state index contributed by atoms with van der Waals surface area (Å²) in [7, 11) is 4.00. The van der Waals surface area contributed by atoms with E-state index in [0.717, 1.165) is 0 Å². The average molecular weight is 205 g/mol. The molecule has 1 heterocycles. The fourth-order valence-corrected chi connectivity index (χ4v) is 2.48. The second-order valence-corrected chi connectivity index (χ2v) is 4.26. The largest absolute Gasteiger partial charge is 0.375 e. The first-order valence-electron chi connectivity index (χ1n) is 5.61. The number of methoxy groups -OCH3 is 1. The SMILES string of the molecule is CO[C@H](c1ccccc1)[C@@H]1CCCN1C. The molecule has 1 saturated heterocycles. The summed E-state index contributed by atoms with van der Waals surface area (Å²) in [5, 5.41) is 0. The van der Waals surface area contributed by atoms with Crippen LogP contribution in [-0.4, -0.2) is 31.6 Å². The summed E-state index contributed by atoms with van der Waals surface area (Å²) in [5.74, 6) is 0. The van der Waals surface area contributed by atoms with Crippen molar-refractivity contribution in [3.63, 3.8) is 0 Å². The Morgan fingerprint density at radius 1 is 1.33 bits per heavy atom. The zero-order valence-electron chi connectivity index (χ0n) is 9.52. The highest BCUT2D eigenvalue weighted by atomic mass is 16.5. The van der Waals surface area contributed by atoms with Crippen molar-refractivity contribution in [2.45, 2.75) is 25.0 Å². The molecule has 0 N–H and O–H groups in total. The van der Waals surface area contributed by atoms with E-state index >= 15 is 0 Å². The summed E-state index contributed by atoms with van der Waals surface area (Å²) in [4.78, 5) is 2.40. The van der Waals surface area contributed by atoms with Crippen LogP contribution in [0.5, 0.6) is 0 Å². The quantitative estimate of drug-likeness (QED) is 0.751. The van der Waals surface area contributed by atoms with Crippen molar-refractivity contribution < 1.29 is 4.74 Å². The van der Waals surface area contributed by atoms with E-state index in [1.54, 1.807) is 0 Å². The molecule has 0 unspecified atom stereocenters. The van der Waals surface area contributed by atoms with Crippen molar-refractivity contribution in [2.24, 2.45) is 0 Å². The number of nitrogens with zero attached hydrogens (tertiary/aromatic N) is 1. The van der Waals surface area contributed by atoms with Crippen LogP contribution in [0.15, 0.2) is 30.3 Å². The van der Waals surface area contributed by atoms with Gasteiger partial charge in [0.25, 0.3) is 0 Å². The zero-order valence-corrected chi connectivity index (χ0v) is 9.52. The molecule has 0 amide bonds. The number of benzene rings is 1. The number of hydrogen-bond donors (Lipinski definition) is 0. The number of rotatable bonds is 3. The molecule has 82 valence electrons. The number of ether oxygens (including phenoxy) is 1. The topological polar surface area (TPSA) is 12.5 Å². The molecular weight excluding hydrogens is 186 g/mol. The average Bonchev–Trinajstić information content (AvgIpc) is 2.68. The van der Waals surface area contributed by atoms with Crippen LogP contribution >= 0.6 is 0 Å². The lowest BCUT2D eigenvalue weighted by Crippen LogP contribution is -2.32. The Morgan fingerprint density at radius 2 is 2.07 bits per heavy atom. The summed E-state index contributed by atoms with van der Waals surface area (Å²) >= 11 is 0. The maximum Gasteiger partial charge on any atom is 0.0976 e. The monoisotopic (exact) mass is 205 g/mol. The zero-order chi connectivity index (χ0) is 10.7. The van der Waals surface area contributed by atoms with Gasteiger partial charge in [-0.3, -0.25) is 0 Å². The molecule has 2 heteroatoms. The smallest absolute Gasteiger partial charge is 0.0976 e. The van der Waals surface area contributed by atoms with Crippen LogP contribution in [0.2, 0.25) is 0 Å². The molecule has 1 aliphatic heterocycles. The predicted octanol–water partition coefficient (Wildman–Crippen LogP) is 2.47. The third-order valence-corrected chi connectivity index (χ3v) is 3.31. The number of likely N-dealkylation sites (tertiary alicyclic amines) is 1. The van der Waals surface area contributed by atoms with E-state index in [-0.39, 0.29) is 6.10 Å². The van der Waals surface area contributed by atoms with Gasteiger partial charge in [0, 0.05) is 13.2 Å². The molecule has 0 spiro atoms. The van der Waals surface area contributed by atoms with Crippen LogP contribution < -0.4 is 0 Å². The summed E-state index contributed by atoms with van der Waals surface area (Å²) < 4.78 is 5.65. The van der Waals surface area contributed by atoms with Crippen LogP contribution in [0.4, 0.5) is 0 Å². The highest BCUT2D eigenvalue weighted by Gasteiger charge is 2.30. The molecule has 0 radical (unpaired) electrons. The second kappa shape index (κ2) is 4.77.